The fourth-order valence-electron chi connectivity index (χ4n) is 2.47. The molecule has 0 radical (unpaired) electrons. The molecule has 1 heterocycles. The Morgan fingerprint density at radius 2 is 2.10 bits per heavy atom. The maximum absolute atomic E-state index is 12.2. The van der Waals surface area contributed by atoms with Crippen molar-refractivity contribution < 1.29 is 13.2 Å². The number of nitrogens with two attached hydrogens (primary N) is 1. The van der Waals surface area contributed by atoms with Crippen LogP contribution in [0.2, 0.25) is 0 Å². The highest BCUT2D eigenvalue weighted by Gasteiger charge is 2.26. The summed E-state index contributed by atoms with van der Waals surface area (Å²) in [5.74, 6) is 0.229. The third kappa shape index (κ3) is 4.02. The summed E-state index contributed by atoms with van der Waals surface area (Å²) in [6, 6.07) is 7.26. The van der Waals surface area contributed by atoms with Crippen molar-refractivity contribution in [3.05, 3.63) is 35.4 Å². The molecule has 2 rings (SSSR count). The highest BCUT2D eigenvalue weighted by atomic mass is 32.2. The molecular weight excluding hydrogens is 276 g/mol. The van der Waals surface area contributed by atoms with Crippen molar-refractivity contribution in [1.29, 1.82) is 0 Å². The SMILES string of the molecule is CC(NS(=O)(=O)Cc1ccccc1CN)C1CCOC1. The lowest BCUT2D eigenvalue weighted by Crippen LogP contribution is -2.39. The van der Waals surface area contributed by atoms with E-state index in [9.17, 15) is 8.42 Å². The van der Waals surface area contributed by atoms with Gasteiger partial charge in [0.2, 0.25) is 10.0 Å². The molecule has 0 spiro atoms. The molecule has 1 saturated heterocycles. The lowest BCUT2D eigenvalue weighted by molar-refractivity contribution is 0.180. The first kappa shape index (κ1) is 15.4. The molecule has 1 aromatic rings. The number of rotatable bonds is 6. The molecule has 2 unspecified atom stereocenters. The van der Waals surface area contributed by atoms with Gasteiger partial charge in [0.15, 0.2) is 0 Å². The first-order valence-corrected chi connectivity index (χ1v) is 8.51. The smallest absolute Gasteiger partial charge is 0.216 e. The summed E-state index contributed by atoms with van der Waals surface area (Å²) in [5.41, 5.74) is 7.27. The Labute approximate surface area is 120 Å². The van der Waals surface area contributed by atoms with Gasteiger partial charge in [-0.2, -0.15) is 0 Å². The Bertz CT molecular complexity index is 539. The third-order valence-electron chi connectivity index (χ3n) is 3.72. The van der Waals surface area contributed by atoms with E-state index in [1.807, 2.05) is 31.2 Å². The minimum atomic E-state index is -3.37. The maximum Gasteiger partial charge on any atom is 0.216 e. The summed E-state index contributed by atoms with van der Waals surface area (Å²) in [6.45, 7) is 3.58. The van der Waals surface area contributed by atoms with Crippen molar-refractivity contribution in [1.82, 2.24) is 4.72 Å². The van der Waals surface area contributed by atoms with Crippen LogP contribution < -0.4 is 10.5 Å². The fourth-order valence-corrected chi connectivity index (χ4v) is 4.00. The summed E-state index contributed by atoms with van der Waals surface area (Å²) in [5, 5.41) is 0. The molecule has 1 fully saturated rings. The van der Waals surface area contributed by atoms with Crippen LogP contribution in [0.1, 0.15) is 24.5 Å². The Morgan fingerprint density at radius 1 is 1.40 bits per heavy atom. The molecule has 1 aliphatic rings. The zero-order chi connectivity index (χ0) is 14.6. The molecule has 0 aliphatic carbocycles. The summed E-state index contributed by atoms with van der Waals surface area (Å²) in [6.07, 6.45) is 0.906. The van der Waals surface area contributed by atoms with Gasteiger partial charge in [-0.25, -0.2) is 13.1 Å². The molecule has 0 saturated carbocycles. The van der Waals surface area contributed by atoms with Gasteiger partial charge in [-0.3, -0.25) is 0 Å². The van der Waals surface area contributed by atoms with Gasteiger partial charge < -0.3 is 10.5 Å². The molecule has 0 bridgehead atoms. The van der Waals surface area contributed by atoms with E-state index in [-0.39, 0.29) is 17.7 Å². The van der Waals surface area contributed by atoms with Crippen molar-refractivity contribution in [2.75, 3.05) is 13.2 Å². The predicted molar refractivity (Wildman–Crippen MR) is 78.5 cm³/mol. The van der Waals surface area contributed by atoms with Gasteiger partial charge in [0.1, 0.15) is 0 Å². The van der Waals surface area contributed by atoms with Crippen molar-refractivity contribution >= 4 is 10.0 Å². The van der Waals surface area contributed by atoms with Gasteiger partial charge in [0.05, 0.1) is 12.4 Å². The van der Waals surface area contributed by atoms with Crippen LogP contribution in [0.3, 0.4) is 0 Å². The Morgan fingerprint density at radius 3 is 2.70 bits per heavy atom. The minimum Gasteiger partial charge on any atom is -0.381 e. The van der Waals surface area contributed by atoms with E-state index in [0.29, 0.717) is 19.8 Å². The van der Waals surface area contributed by atoms with Crippen molar-refractivity contribution in [2.45, 2.75) is 31.7 Å². The molecule has 3 N–H and O–H groups in total. The minimum absolute atomic E-state index is 0.0295. The van der Waals surface area contributed by atoms with E-state index in [4.69, 9.17) is 10.5 Å². The number of nitrogens with one attached hydrogen (secondary N) is 1. The van der Waals surface area contributed by atoms with Gasteiger partial charge in [-0.1, -0.05) is 24.3 Å². The van der Waals surface area contributed by atoms with Gasteiger partial charge >= 0.3 is 0 Å². The molecule has 0 aromatic heterocycles. The van der Waals surface area contributed by atoms with Gasteiger partial charge in [-0.05, 0) is 24.5 Å². The van der Waals surface area contributed by atoms with Crippen molar-refractivity contribution in [3.63, 3.8) is 0 Å². The average molecular weight is 298 g/mol. The lowest BCUT2D eigenvalue weighted by Gasteiger charge is -2.19. The van der Waals surface area contributed by atoms with Crippen LogP contribution in [0.15, 0.2) is 24.3 Å². The van der Waals surface area contributed by atoms with E-state index >= 15 is 0 Å². The highest BCUT2D eigenvalue weighted by Crippen LogP contribution is 2.18. The zero-order valence-electron chi connectivity index (χ0n) is 11.7. The fraction of sp³-hybridized carbons (Fsp3) is 0.571. The second-order valence-corrected chi connectivity index (χ2v) is 7.02. The molecule has 6 heteroatoms. The van der Waals surface area contributed by atoms with Crippen LogP contribution in [0, 0.1) is 5.92 Å². The standard InChI is InChI=1S/C14H22N2O3S/c1-11(13-6-7-19-9-13)16-20(17,18)10-14-5-3-2-4-12(14)8-15/h2-5,11,13,16H,6-10,15H2,1H3. The number of hydrogen-bond acceptors (Lipinski definition) is 4. The molecule has 1 aliphatic heterocycles. The third-order valence-corrected chi connectivity index (χ3v) is 5.14. The molecule has 0 amide bonds. The molecule has 112 valence electrons. The van der Waals surface area contributed by atoms with Gasteiger partial charge in [0, 0.05) is 25.1 Å². The van der Waals surface area contributed by atoms with Gasteiger partial charge in [-0.15, -0.1) is 0 Å². The first-order valence-electron chi connectivity index (χ1n) is 6.86. The number of hydrogen-bond donors (Lipinski definition) is 2. The van der Waals surface area contributed by atoms with Crippen LogP contribution in [0.25, 0.3) is 0 Å². The van der Waals surface area contributed by atoms with Crippen molar-refractivity contribution in [2.24, 2.45) is 11.7 Å². The van der Waals surface area contributed by atoms with E-state index in [2.05, 4.69) is 4.72 Å². The number of sulfonamides is 1. The Balaban J connectivity index is 2.03. The first-order chi connectivity index (χ1) is 9.52. The lowest BCUT2D eigenvalue weighted by atomic mass is 10.0. The number of benzene rings is 1. The normalized spacial score (nSPS) is 21.0. The van der Waals surface area contributed by atoms with E-state index < -0.39 is 10.0 Å². The van der Waals surface area contributed by atoms with Crippen LogP contribution in [0.4, 0.5) is 0 Å². The van der Waals surface area contributed by atoms with Crippen LogP contribution in [-0.2, 0) is 27.1 Å². The molecule has 1 aromatic carbocycles. The largest absolute Gasteiger partial charge is 0.381 e. The van der Waals surface area contributed by atoms with E-state index in [1.165, 1.54) is 0 Å². The molecule has 2 atom stereocenters. The quantitative estimate of drug-likeness (QED) is 0.820. The number of ether oxygens (including phenoxy) is 1. The second kappa shape index (κ2) is 6.67. The summed E-state index contributed by atoms with van der Waals surface area (Å²) in [7, 11) is -3.37. The molecular formula is C14H22N2O3S. The molecule has 20 heavy (non-hydrogen) atoms. The van der Waals surface area contributed by atoms with Crippen LogP contribution in [0.5, 0.6) is 0 Å². The predicted octanol–water partition coefficient (Wildman–Crippen LogP) is 0.990. The summed E-state index contributed by atoms with van der Waals surface area (Å²) < 4.78 is 32.5. The topological polar surface area (TPSA) is 81.4 Å². The van der Waals surface area contributed by atoms with Crippen LogP contribution >= 0.6 is 0 Å². The Hall–Kier alpha value is -0.950. The Kier molecular flexibility index (Phi) is 5.15. The second-order valence-electron chi connectivity index (χ2n) is 5.26. The van der Waals surface area contributed by atoms with E-state index in [0.717, 1.165) is 17.5 Å². The summed E-state index contributed by atoms with van der Waals surface area (Å²) in [4.78, 5) is 0. The highest BCUT2D eigenvalue weighted by molar-refractivity contribution is 7.88. The van der Waals surface area contributed by atoms with Crippen molar-refractivity contribution in [3.8, 4) is 0 Å². The zero-order valence-corrected chi connectivity index (χ0v) is 12.5. The summed E-state index contributed by atoms with van der Waals surface area (Å²) >= 11 is 0. The maximum atomic E-state index is 12.2. The average Bonchev–Trinajstić information content (AvgIpc) is 2.92. The molecule has 5 nitrogen and oxygen atoms in total. The monoisotopic (exact) mass is 298 g/mol. The van der Waals surface area contributed by atoms with Gasteiger partial charge in [0.25, 0.3) is 0 Å². The van der Waals surface area contributed by atoms with E-state index in [1.54, 1.807) is 0 Å². The van der Waals surface area contributed by atoms with Crippen LogP contribution in [-0.4, -0.2) is 27.7 Å².